The molecule has 0 aliphatic heterocycles. The van der Waals surface area contributed by atoms with E-state index >= 15 is 0 Å². The fourth-order valence-corrected chi connectivity index (χ4v) is 3.62. The minimum absolute atomic E-state index is 0. The summed E-state index contributed by atoms with van der Waals surface area (Å²) in [4.78, 5) is 16.6. The van der Waals surface area contributed by atoms with Gasteiger partial charge in [0, 0.05) is 45.3 Å². The molecule has 6 nitrogen and oxygen atoms in total. The number of carbonyl (C=O) groups excluding carboxylic acids is 1. The standard InChI is InChI=1S/C20H38N4O2.HI/c1-3-21-19(22-14-7-8-18(25)24-17-9-10-17)23-16-20(11-5-6-12-20)13-15-26-4-2;/h17H,3-16H2,1-2H3,(H,24,25)(H2,21,22,23);1H. The fraction of sp³-hybridized carbons (Fsp3) is 0.900. The quantitative estimate of drug-likeness (QED) is 0.169. The number of halogens is 1. The molecule has 2 aliphatic rings. The van der Waals surface area contributed by atoms with Crippen LogP contribution in [0.2, 0.25) is 0 Å². The average molecular weight is 494 g/mol. The van der Waals surface area contributed by atoms with Crippen LogP contribution in [0, 0.1) is 5.41 Å². The van der Waals surface area contributed by atoms with Crippen LogP contribution < -0.4 is 16.0 Å². The minimum atomic E-state index is 0. The molecule has 2 rings (SSSR count). The molecular formula is C20H39IN4O2. The van der Waals surface area contributed by atoms with Gasteiger partial charge in [-0.15, -0.1) is 24.0 Å². The molecule has 2 aliphatic carbocycles. The first-order valence-electron chi connectivity index (χ1n) is 10.6. The van der Waals surface area contributed by atoms with E-state index in [1.54, 1.807) is 0 Å². The SMILES string of the molecule is CCNC(=NCC1(CCOCC)CCCC1)NCCCC(=O)NC1CC1.I. The van der Waals surface area contributed by atoms with Gasteiger partial charge in [0.1, 0.15) is 0 Å². The van der Waals surface area contributed by atoms with Gasteiger partial charge in [-0.3, -0.25) is 9.79 Å². The van der Waals surface area contributed by atoms with E-state index in [2.05, 4.69) is 29.8 Å². The van der Waals surface area contributed by atoms with Crippen LogP contribution in [0.3, 0.4) is 0 Å². The normalized spacial score (nSPS) is 18.7. The van der Waals surface area contributed by atoms with Gasteiger partial charge in [-0.1, -0.05) is 12.8 Å². The Balaban J connectivity index is 0.00000364. The minimum Gasteiger partial charge on any atom is -0.382 e. The zero-order chi connectivity index (χ0) is 18.7. The summed E-state index contributed by atoms with van der Waals surface area (Å²) in [6.07, 6.45) is 9.93. The first-order chi connectivity index (χ1) is 12.7. The molecule has 0 saturated heterocycles. The molecule has 2 fully saturated rings. The lowest BCUT2D eigenvalue weighted by molar-refractivity contribution is -0.121. The Morgan fingerprint density at radius 1 is 1.19 bits per heavy atom. The molecule has 0 unspecified atom stereocenters. The molecule has 3 N–H and O–H groups in total. The molecule has 7 heteroatoms. The van der Waals surface area contributed by atoms with Crippen molar-refractivity contribution in [2.24, 2.45) is 10.4 Å². The van der Waals surface area contributed by atoms with Gasteiger partial charge < -0.3 is 20.7 Å². The lowest BCUT2D eigenvalue weighted by atomic mass is 9.83. The van der Waals surface area contributed by atoms with E-state index in [9.17, 15) is 4.79 Å². The van der Waals surface area contributed by atoms with Gasteiger partial charge in [0.15, 0.2) is 5.96 Å². The maximum absolute atomic E-state index is 11.7. The first-order valence-corrected chi connectivity index (χ1v) is 10.6. The van der Waals surface area contributed by atoms with Crippen LogP contribution in [-0.4, -0.2) is 50.8 Å². The largest absolute Gasteiger partial charge is 0.382 e. The van der Waals surface area contributed by atoms with E-state index in [0.29, 0.717) is 17.9 Å². The Hall–Kier alpha value is -0.570. The molecule has 27 heavy (non-hydrogen) atoms. The predicted octanol–water partition coefficient (Wildman–Crippen LogP) is 3.21. The lowest BCUT2D eigenvalue weighted by Gasteiger charge is -2.27. The highest BCUT2D eigenvalue weighted by Gasteiger charge is 2.33. The van der Waals surface area contributed by atoms with E-state index in [-0.39, 0.29) is 29.9 Å². The third-order valence-corrected chi connectivity index (χ3v) is 5.38. The number of ether oxygens (including phenoxy) is 1. The van der Waals surface area contributed by atoms with Gasteiger partial charge in [0.25, 0.3) is 0 Å². The Kier molecular flexibility index (Phi) is 12.3. The number of aliphatic imine (C=N–C) groups is 1. The maximum Gasteiger partial charge on any atom is 0.220 e. The Morgan fingerprint density at radius 2 is 1.93 bits per heavy atom. The summed E-state index contributed by atoms with van der Waals surface area (Å²) in [5.41, 5.74) is 0.307. The zero-order valence-electron chi connectivity index (χ0n) is 17.1. The molecule has 1 amide bonds. The van der Waals surface area contributed by atoms with Gasteiger partial charge in [-0.2, -0.15) is 0 Å². The summed E-state index contributed by atoms with van der Waals surface area (Å²) >= 11 is 0. The van der Waals surface area contributed by atoms with E-state index in [4.69, 9.17) is 9.73 Å². The summed E-state index contributed by atoms with van der Waals surface area (Å²) in [6, 6.07) is 0.452. The van der Waals surface area contributed by atoms with Crippen molar-refractivity contribution in [1.82, 2.24) is 16.0 Å². The van der Waals surface area contributed by atoms with Crippen LogP contribution in [0.25, 0.3) is 0 Å². The smallest absolute Gasteiger partial charge is 0.220 e. The van der Waals surface area contributed by atoms with Gasteiger partial charge >= 0.3 is 0 Å². The summed E-state index contributed by atoms with van der Waals surface area (Å²) < 4.78 is 5.59. The van der Waals surface area contributed by atoms with Crippen LogP contribution in [-0.2, 0) is 9.53 Å². The van der Waals surface area contributed by atoms with Crippen LogP contribution in [0.5, 0.6) is 0 Å². The number of amides is 1. The number of nitrogens with one attached hydrogen (secondary N) is 3. The molecular weight excluding hydrogens is 455 g/mol. The third-order valence-electron chi connectivity index (χ3n) is 5.38. The highest BCUT2D eigenvalue weighted by molar-refractivity contribution is 14.0. The van der Waals surface area contributed by atoms with Crippen molar-refractivity contribution < 1.29 is 9.53 Å². The number of rotatable bonds is 12. The van der Waals surface area contributed by atoms with Crippen LogP contribution in [0.15, 0.2) is 4.99 Å². The van der Waals surface area contributed by atoms with Crippen LogP contribution in [0.1, 0.15) is 71.6 Å². The third kappa shape index (κ3) is 9.96. The van der Waals surface area contributed by atoms with Gasteiger partial charge in [0.2, 0.25) is 5.91 Å². The van der Waals surface area contributed by atoms with Crippen molar-refractivity contribution in [3.05, 3.63) is 0 Å². The number of hydrogen-bond donors (Lipinski definition) is 3. The molecule has 0 aromatic carbocycles. The van der Waals surface area contributed by atoms with Crippen LogP contribution >= 0.6 is 24.0 Å². The number of guanidine groups is 1. The van der Waals surface area contributed by atoms with Gasteiger partial charge in [0.05, 0.1) is 0 Å². The van der Waals surface area contributed by atoms with Crippen molar-refractivity contribution in [3.63, 3.8) is 0 Å². The lowest BCUT2D eigenvalue weighted by Crippen LogP contribution is -2.39. The number of nitrogens with zero attached hydrogens (tertiary/aromatic N) is 1. The van der Waals surface area contributed by atoms with Crippen molar-refractivity contribution >= 4 is 35.8 Å². The van der Waals surface area contributed by atoms with Gasteiger partial charge in [-0.05, 0) is 57.8 Å². The van der Waals surface area contributed by atoms with E-state index in [0.717, 1.165) is 64.5 Å². The monoisotopic (exact) mass is 494 g/mol. The Bertz CT molecular complexity index is 449. The predicted molar refractivity (Wildman–Crippen MR) is 122 cm³/mol. The molecule has 2 saturated carbocycles. The fourth-order valence-electron chi connectivity index (χ4n) is 3.62. The van der Waals surface area contributed by atoms with Crippen molar-refractivity contribution in [1.29, 1.82) is 0 Å². The molecule has 0 bridgehead atoms. The summed E-state index contributed by atoms with van der Waals surface area (Å²) in [6.45, 7) is 8.25. The second-order valence-electron chi connectivity index (χ2n) is 7.72. The average Bonchev–Trinajstić information content (AvgIpc) is 3.32. The first kappa shape index (κ1) is 24.5. The summed E-state index contributed by atoms with van der Waals surface area (Å²) in [5.74, 6) is 1.05. The van der Waals surface area contributed by atoms with E-state index < -0.39 is 0 Å². The topological polar surface area (TPSA) is 74.8 Å². The zero-order valence-corrected chi connectivity index (χ0v) is 19.5. The highest BCUT2D eigenvalue weighted by atomic mass is 127. The molecule has 0 radical (unpaired) electrons. The van der Waals surface area contributed by atoms with E-state index in [1.807, 2.05) is 0 Å². The maximum atomic E-state index is 11.7. The second-order valence-corrected chi connectivity index (χ2v) is 7.72. The second kappa shape index (κ2) is 13.6. The Labute approximate surface area is 182 Å². The molecule has 0 atom stereocenters. The molecule has 158 valence electrons. The van der Waals surface area contributed by atoms with Crippen molar-refractivity contribution in [3.8, 4) is 0 Å². The van der Waals surface area contributed by atoms with Crippen molar-refractivity contribution in [2.45, 2.75) is 77.7 Å². The summed E-state index contributed by atoms with van der Waals surface area (Å²) in [7, 11) is 0. The number of carbonyl (C=O) groups is 1. The highest BCUT2D eigenvalue weighted by Crippen LogP contribution is 2.41. The Morgan fingerprint density at radius 3 is 2.56 bits per heavy atom. The van der Waals surface area contributed by atoms with Crippen LogP contribution in [0.4, 0.5) is 0 Å². The molecule has 0 spiro atoms. The summed E-state index contributed by atoms with van der Waals surface area (Å²) in [5, 5.41) is 9.74. The number of hydrogen-bond acceptors (Lipinski definition) is 3. The van der Waals surface area contributed by atoms with Crippen molar-refractivity contribution in [2.75, 3.05) is 32.8 Å². The molecule has 0 aromatic heterocycles. The van der Waals surface area contributed by atoms with E-state index in [1.165, 1.54) is 25.7 Å². The molecule has 0 aromatic rings. The van der Waals surface area contributed by atoms with Gasteiger partial charge in [-0.25, -0.2) is 0 Å². The molecule has 0 heterocycles.